The van der Waals surface area contributed by atoms with Crippen molar-refractivity contribution in [2.75, 3.05) is 13.7 Å². The maximum Gasteiger partial charge on any atom is 0.317 e. The maximum absolute atomic E-state index is 12.5. The second-order valence-electron chi connectivity index (χ2n) is 7.90. The first-order chi connectivity index (χ1) is 9.34. The predicted molar refractivity (Wildman–Crippen MR) is 84.3 cm³/mol. The van der Waals surface area contributed by atoms with Gasteiger partial charge in [0.25, 0.3) is 0 Å². The number of hydrogen-bond donors (Lipinski definition) is 2. The summed E-state index contributed by atoms with van der Waals surface area (Å²) >= 11 is 0. The highest BCUT2D eigenvalue weighted by atomic mass is 16.5. The summed E-state index contributed by atoms with van der Waals surface area (Å²) in [5, 5.41) is 13.1. The smallest absolute Gasteiger partial charge is 0.317 e. The molecule has 0 radical (unpaired) electrons. The number of carbonyl (C=O) groups is 1. The summed E-state index contributed by atoms with van der Waals surface area (Å²) in [6, 6.07) is -0.00483. The maximum atomic E-state index is 12.5. The molecule has 1 aliphatic rings. The number of aliphatic hydroxyl groups is 1. The van der Waals surface area contributed by atoms with Gasteiger partial charge in [0.1, 0.15) is 0 Å². The quantitative estimate of drug-likeness (QED) is 0.819. The van der Waals surface area contributed by atoms with Crippen LogP contribution in [-0.2, 0) is 4.74 Å². The van der Waals surface area contributed by atoms with Gasteiger partial charge in [-0.3, -0.25) is 0 Å². The standard InChI is InChI=1S/C16H32N2O3/c1-11(2)18(10-14(3,4)20)13(19)17-12-9-16(7,21-8)15(12,5)6/h11-12,20H,9-10H2,1-8H3,(H,17,19)/t12-,16+/m0/s1. The first-order valence-electron chi connectivity index (χ1n) is 7.69. The SMILES string of the molecule is CO[C@]1(C)C[C@H](NC(=O)N(CC(C)(C)O)C(C)C)C1(C)C. The van der Waals surface area contributed by atoms with Gasteiger partial charge < -0.3 is 20.1 Å². The Morgan fingerprint density at radius 1 is 1.43 bits per heavy atom. The van der Waals surface area contributed by atoms with Gasteiger partial charge in [0.15, 0.2) is 0 Å². The zero-order valence-electron chi connectivity index (χ0n) is 14.8. The molecule has 2 amide bonds. The highest BCUT2D eigenvalue weighted by molar-refractivity contribution is 5.75. The Hall–Kier alpha value is -0.810. The molecule has 0 saturated heterocycles. The molecule has 2 atom stereocenters. The Morgan fingerprint density at radius 3 is 2.29 bits per heavy atom. The van der Waals surface area contributed by atoms with Gasteiger partial charge in [-0.15, -0.1) is 0 Å². The third kappa shape index (κ3) is 3.69. The van der Waals surface area contributed by atoms with Crippen LogP contribution in [0.5, 0.6) is 0 Å². The first kappa shape index (κ1) is 18.2. The Morgan fingerprint density at radius 2 is 1.95 bits per heavy atom. The number of nitrogens with one attached hydrogen (secondary N) is 1. The second kappa shape index (κ2) is 5.76. The van der Waals surface area contributed by atoms with Crippen molar-refractivity contribution >= 4 is 6.03 Å². The van der Waals surface area contributed by atoms with Crippen LogP contribution in [0.1, 0.15) is 54.9 Å². The molecular weight excluding hydrogens is 268 g/mol. The summed E-state index contributed by atoms with van der Waals surface area (Å²) < 4.78 is 5.58. The zero-order valence-corrected chi connectivity index (χ0v) is 14.8. The van der Waals surface area contributed by atoms with E-state index in [0.29, 0.717) is 6.54 Å². The van der Waals surface area contributed by atoms with Crippen LogP contribution in [0.15, 0.2) is 0 Å². The Kier molecular flexibility index (Phi) is 5.01. The van der Waals surface area contributed by atoms with Crippen molar-refractivity contribution in [3.63, 3.8) is 0 Å². The van der Waals surface area contributed by atoms with Crippen LogP contribution in [0.3, 0.4) is 0 Å². The highest BCUT2D eigenvalue weighted by Gasteiger charge is 2.58. The average Bonchev–Trinajstić information content (AvgIpc) is 2.33. The number of urea groups is 1. The fourth-order valence-electron chi connectivity index (χ4n) is 2.86. The minimum absolute atomic E-state index is 0.0356. The van der Waals surface area contributed by atoms with Crippen molar-refractivity contribution in [3.05, 3.63) is 0 Å². The van der Waals surface area contributed by atoms with E-state index in [-0.39, 0.29) is 29.1 Å². The summed E-state index contributed by atoms with van der Waals surface area (Å²) in [4.78, 5) is 14.2. The van der Waals surface area contributed by atoms with Crippen LogP contribution < -0.4 is 5.32 Å². The molecule has 1 rings (SSSR count). The first-order valence-corrected chi connectivity index (χ1v) is 7.69. The summed E-state index contributed by atoms with van der Waals surface area (Å²) in [5.74, 6) is 0. The molecule has 1 saturated carbocycles. The van der Waals surface area contributed by atoms with Gasteiger partial charge in [0.2, 0.25) is 0 Å². The average molecular weight is 300 g/mol. The Labute approximate surface area is 129 Å². The number of methoxy groups -OCH3 is 1. The lowest BCUT2D eigenvalue weighted by molar-refractivity contribution is -0.178. The molecule has 1 fully saturated rings. The second-order valence-corrected chi connectivity index (χ2v) is 7.90. The topological polar surface area (TPSA) is 61.8 Å². The van der Waals surface area contributed by atoms with Gasteiger partial charge in [0.05, 0.1) is 17.7 Å². The van der Waals surface area contributed by atoms with E-state index >= 15 is 0 Å². The van der Waals surface area contributed by atoms with Gasteiger partial charge in [-0.1, -0.05) is 13.8 Å². The van der Waals surface area contributed by atoms with Crippen LogP contribution in [0.4, 0.5) is 4.79 Å². The van der Waals surface area contributed by atoms with Crippen LogP contribution in [0.2, 0.25) is 0 Å². The molecule has 5 nitrogen and oxygen atoms in total. The van der Waals surface area contributed by atoms with Gasteiger partial charge in [0, 0.05) is 24.6 Å². The lowest BCUT2D eigenvalue weighted by Crippen LogP contribution is -2.70. The highest BCUT2D eigenvalue weighted by Crippen LogP contribution is 2.51. The fraction of sp³-hybridized carbons (Fsp3) is 0.938. The summed E-state index contributed by atoms with van der Waals surface area (Å²) in [5.41, 5.74) is -1.23. The molecule has 5 heteroatoms. The minimum Gasteiger partial charge on any atom is -0.389 e. The summed E-state index contributed by atoms with van der Waals surface area (Å²) in [6.45, 7) is 13.9. The minimum atomic E-state index is -0.905. The van der Waals surface area contributed by atoms with E-state index in [4.69, 9.17) is 4.74 Å². The van der Waals surface area contributed by atoms with E-state index in [1.54, 1.807) is 25.9 Å². The molecule has 0 unspecified atom stereocenters. The molecule has 0 aromatic rings. The monoisotopic (exact) mass is 300 g/mol. The number of rotatable bonds is 5. The van der Waals surface area contributed by atoms with Crippen LogP contribution in [0.25, 0.3) is 0 Å². The van der Waals surface area contributed by atoms with Gasteiger partial charge in [-0.05, 0) is 41.0 Å². The van der Waals surface area contributed by atoms with Gasteiger partial charge in [-0.25, -0.2) is 4.79 Å². The fourth-order valence-corrected chi connectivity index (χ4v) is 2.86. The number of carbonyl (C=O) groups excluding carboxylic acids is 1. The molecule has 0 aromatic heterocycles. The number of amides is 2. The Balaban J connectivity index is 2.72. The number of nitrogens with zero attached hydrogens (tertiary/aromatic N) is 1. The van der Waals surface area contributed by atoms with Crippen molar-refractivity contribution in [1.82, 2.24) is 10.2 Å². The van der Waals surface area contributed by atoms with Crippen molar-refractivity contribution in [1.29, 1.82) is 0 Å². The van der Waals surface area contributed by atoms with E-state index in [1.807, 2.05) is 13.8 Å². The predicted octanol–water partition coefficient (Wildman–Crippen LogP) is 2.38. The van der Waals surface area contributed by atoms with Crippen molar-refractivity contribution in [2.45, 2.75) is 78.2 Å². The molecule has 1 aliphatic carbocycles. The van der Waals surface area contributed by atoms with Crippen molar-refractivity contribution in [3.8, 4) is 0 Å². The van der Waals surface area contributed by atoms with Gasteiger partial charge >= 0.3 is 6.03 Å². The molecule has 0 bridgehead atoms. The molecular formula is C16H32N2O3. The third-order valence-electron chi connectivity index (χ3n) is 5.02. The Bertz CT molecular complexity index is 387. The number of hydrogen-bond acceptors (Lipinski definition) is 3. The molecule has 124 valence electrons. The summed E-state index contributed by atoms with van der Waals surface area (Å²) in [6.07, 6.45) is 0.802. The normalized spacial score (nSPS) is 28.2. The van der Waals surface area contributed by atoms with E-state index in [2.05, 4.69) is 26.1 Å². The van der Waals surface area contributed by atoms with Crippen LogP contribution in [-0.4, -0.2) is 53.0 Å². The summed E-state index contributed by atoms with van der Waals surface area (Å²) in [7, 11) is 1.72. The molecule has 2 N–H and O–H groups in total. The van der Waals surface area contributed by atoms with E-state index in [1.165, 1.54) is 0 Å². The van der Waals surface area contributed by atoms with Crippen molar-refractivity contribution < 1.29 is 14.6 Å². The van der Waals surface area contributed by atoms with Crippen LogP contribution >= 0.6 is 0 Å². The lowest BCUT2D eigenvalue weighted by Gasteiger charge is -2.59. The zero-order chi connectivity index (χ0) is 16.6. The molecule has 0 aromatic carbocycles. The largest absolute Gasteiger partial charge is 0.389 e. The van der Waals surface area contributed by atoms with Crippen molar-refractivity contribution in [2.24, 2.45) is 5.41 Å². The molecule has 0 spiro atoms. The lowest BCUT2D eigenvalue weighted by atomic mass is 9.56. The molecule has 21 heavy (non-hydrogen) atoms. The van der Waals surface area contributed by atoms with E-state index in [9.17, 15) is 9.90 Å². The van der Waals surface area contributed by atoms with Crippen LogP contribution in [0, 0.1) is 5.41 Å². The molecule has 0 heterocycles. The number of ether oxygens (including phenoxy) is 1. The van der Waals surface area contributed by atoms with E-state index in [0.717, 1.165) is 6.42 Å². The third-order valence-corrected chi connectivity index (χ3v) is 5.02. The van der Waals surface area contributed by atoms with E-state index < -0.39 is 5.60 Å². The van der Waals surface area contributed by atoms with Gasteiger partial charge in [-0.2, -0.15) is 0 Å². The molecule has 0 aliphatic heterocycles.